The molecule has 6 heteroatoms. The molecule has 78 valence electrons. The topological polar surface area (TPSA) is 78.4 Å². The van der Waals surface area contributed by atoms with E-state index < -0.39 is 16.3 Å². The van der Waals surface area contributed by atoms with Crippen LogP contribution in [0.15, 0.2) is 0 Å². The Hall–Kier alpha value is -0.170. The minimum absolute atomic E-state index is 0.129. The van der Waals surface area contributed by atoms with Gasteiger partial charge in [-0.3, -0.25) is 0 Å². The summed E-state index contributed by atoms with van der Waals surface area (Å²) in [5.41, 5.74) is 0. The summed E-state index contributed by atoms with van der Waals surface area (Å²) in [6.45, 7) is 1.91. The van der Waals surface area contributed by atoms with Crippen molar-refractivity contribution in [1.82, 2.24) is 9.44 Å². The van der Waals surface area contributed by atoms with Crippen LogP contribution in [0.1, 0.15) is 26.2 Å². The Kier molecular flexibility index (Phi) is 3.66. The Balaban J connectivity index is 2.17. The Morgan fingerprint density at radius 3 is 2.62 bits per heavy atom. The summed E-state index contributed by atoms with van der Waals surface area (Å²) in [7, 11) is -3.33. The lowest BCUT2D eigenvalue weighted by Crippen LogP contribution is -2.38. The molecule has 0 aliphatic heterocycles. The number of aliphatic hydroxyl groups is 1. The summed E-state index contributed by atoms with van der Waals surface area (Å²) in [6, 6.07) is 0.129. The predicted octanol–water partition coefficient (Wildman–Crippen LogP) is -0.656. The normalized spacial score (nSPS) is 20.2. The van der Waals surface area contributed by atoms with E-state index in [-0.39, 0.29) is 12.6 Å². The number of aliphatic hydroxyl groups excluding tert-OH is 1. The maximum absolute atomic E-state index is 11.2. The molecular weight excluding hydrogens is 192 g/mol. The van der Waals surface area contributed by atoms with Gasteiger partial charge in [0.05, 0.1) is 6.10 Å². The summed E-state index contributed by atoms with van der Waals surface area (Å²) < 4.78 is 27.2. The van der Waals surface area contributed by atoms with E-state index in [9.17, 15) is 8.42 Å². The van der Waals surface area contributed by atoms with Crippen molar-refractivity contribution in [1.29, 1.82) is 0 Å². The van der Waals surface area contributed by atoms with Gasteiger partial charge in [0.25, 0.3) is 10.2 Å². The lowest BCUT2D eigenvalue weighted by atomic mass is 10.3. The van der Waals surface area contributed by atoms with Gasteiger partial charge in [0.15, 0.2) is 0 Å². The van der Waals surface area contributed by atoms with Crippen molar-refractivity contribution in [3.8, 4) is 0 Å². The van der Waals surface area contributed by atoms with Gasteiger partial charge in [-0.25, -0.2) is 4.72 Å². The summed E-state index contributed by atoms with van der Waals surface area (Å²) in [4.78, 5) is 0. The fourth-order valence-corrected chi connectivity index (χ4v) is 2.01. The van der Waals surface area contributed by atoms with Crippen LogP contribution in [0.5, 0.6) is 0 Å². The van der Waals surface area contributed by atoms with Crippen LogP contribution in [-0.4, -0.2) is 32.2 Å². The number of rotatable bonds is 6. The van der Waals surface area contributed by atoms with Crippen molar-refractivity contribution >= 4 is 10.2 Å². The second kappa shape index (κ2) is 4.36. The third kappa shape index (κ3) is 5.20. The maximum atomic E-state index is 11.2. The van der Waals surface area contributed by atoms with Crippen molar-refractivity contribution < 1.29 is 13.5 Å². The predicted molar refractivity (Wildman–Crippen MR) is 49.4 cm³/mol. The molecule has 1 atom stereocenters. The Labute approximate surface area is 78.7 Å². The highest BCUT2D eigenvalue weighted by atomic mass is 32.2. The van der Waals surface area contributed by atoms with Gasteiger partial charge in [-0.2, -0.15) is 13.1 Å². The van der Waals surface area contributed by atoms with Crippen molar-refractivity contribution in [2.75, 3.05) is 6.54 Å². The zero-order valence-corrected chi connectivity index (χ0v) is 8.47. The number of nitrogens with one attached hydrogen (secondary N) is 2. The molecular formula is C7H16N2O3S. The van der Waals surface area contributed by atoms with E-state index >= 15 is 0 Å². The molecule has 1 unspecified atom stereocenters. The first kappa shape index (κ1) is 10.9. The molecule has 1 rings (SSSR count). The average molecular weight is 208 g/mol. The van der Waals surface area contributed by atoms with E-state index in [1.807, 2.05) is 0 Å². The summed E-state index contributed by atoms with van der Waals surface area (Å²) >= 11 is 0. The van der Waals surface area contributed by atoms with Crippen LogP contribution in [-0.2, 0) is 10.2 Å². The monoisotopic (exact) mass is 208 g/mol. The average Bonchev–Trinajstić information content (AvgIpc) is 2.68. The first-order valence-electron chi connectivity index (χ1n) is 4.44. The minimum atomic E-state index is -3.33. The van der Waals surface area contributed by atoms with Crippen LogP contribution in [0.4, 0.5) is 0 Å². The largest absolute Gasteiger partial charge is 0.393 e. The van der Waals surface area contributed by atoms with Gasteiger partial charge in [-0.15, -0.1) is 0 Å². The Morgan fingerprint density at radius 1 is 1.54 bits per heavy atom. The molecule has 0 aromatic heterocycles. The van der Waals surface area contributed by atoms with E-state index in [1.54, 1.807) is 6.92 Å². The van der Waals surface area contributed by atoms with Crippen LogP contribution >= 0.6 is 0 Å². The highest BCUT2D eigenvalue weighted by molar-refractivity contribution is 7.87. The quantitative estimate of drug-likeness (QED) is 0.542. The zero-order valence-electron chi connectivity index (χ0n) is 7.66. The molecule has 0 aromatic rings. The molecule has 3 N–H and O–H groups in total. The molecule has 0 radical (unpaired) electrons. The van der Waals surface area contributed by atoms with E-state index in [4.69, 9.17) is 5.11 Å². The van der Waals surface area contributed by atoms with E-state index in [0.717, 1.165) is 12.8 Å². The summed E-state index contributed by atoms with van der Waals surface area (Å²) in [5.74, 6) is 0. The van der Waals surface area contributed by atoms with Gasteiger partial charge >= 0.3 is 0 Å². The third-order valence-electron chi connectivity index (χ3n) is 1.75. The zero-order chi connectivity index (χ0) is 9.90. The third-order valence-corrected chi connectivity index (χ3v) is 2.98. The van der Waals surface area contributed by atoms with Gasteiger partial charge in [0.1, 0.15) is 0 Å². The SMILES string of the molecule is CC(O)CCNS(=O)(=O)NC1CC1. The highest BCUT2D eigenvalue weighted by Gasteiger charge is 2.26. The summed E-state index contributed by atoms with van der Waals surface area (Å²) in [6.07, 6.45) is 1.82. The minimum Gasteiger partial charge on any atom is -0.393 e. The van der Waals surface area contributed by atoms with Crippen LogP contribution in [0, 0.1) is 0 Å². The highest BCUT2D eigenvalue weighted by Crippen LogP contribution is 2.19. The molecule has 0 aromatic carbocycles. The van der Waals surface area contributed by atoms with Crippen LogP contribution in [0.3, 0.4) is 0 Å². The molecule has 1 fully saturated rings. The fraction of sp³-hybridized carbons (Fsp3) is 1.00. The summed E-state index contributed by atoms with van der Waals surface area (Å²) in [5, 5.41) is 8.89. The van der Waals surface area contributed by atoms with Crippen molar-refractivity contribution in [2.45, 2.75) is 38.3 Å². The van der Waals surface area contributed by atoms with Gasteiger partial charge in [-0.1, -0.05) is 0 Å². The molecule has 1 aliphatic carbocycles. The molecule has 1 aliphatic rings. The van der Waals surface area contributed by atoms with Crippen molar-refractivity contribution in [3.63, 3.8) is 0 Å². The van der Waals surface area contributed by atoms with E-state index in [2.05, 4.69) is 9.44 Å². The van der Waals surface area contributed by atoms with Crippen LogP contribution in [0.25, 0.3) is 0 Å². The molecule has 0 saturated heterocycles. The number of hydrogen-bond donors (Lipinski definition) is 3. The molecule has 13 heavy (non-hydrogen) atoms. The maximum Gasteiger partial charge on any atom is 0.277 e. The van der Waals surface area contributed by atoms with Gasteiger partial charge in [-0.05, 0) is 26.2 Å². The smallest absolute Gasteiger partial charge is 0.277 e. The molecule has 0 spiro atoms. The fourth-order valence-electron chi connectivity index (χ4n) is 0.864. The van der Waals surface area contributed by atoms with E-state index in [0.29, 0.717) is 6.42 Å². The first-order chi connectivity index (χ1) is 5.99. The molecule has 1 saturated carbocycles. The van der Waals surface area contributed by atoms with E-state index in [1.165, 1.54) is 0 Å². The van der Waals surface area contributed by atoms with Crippen molar-refractivity contribution in [3.05, 3.63) is 0 Å². The number of hydrogen-bond acceptors (Lipinski definition) is 3. The molecule has 0 heterocycles. The van der Waals surface area contributed by atoms with Gasteiger partial charge in [0, 0.05) is 12.6 Å². The first-order valence-corrected chi connectivity index (χ1v) is 5.93. The Morgan fingerprint density at radius 2 is 2.15 bits per heavy atom. The Bertz CT molecular complexity index is 246. The lowest BCUT2D eigenvalue weighted by Gasteiger charge is -2.07. The van der Waals surface area contributed by atoms with Gasteiger partial charge in [0.2, 0.25) is 0 Å². The lowest BCUT2D eigenvalue weighted by molar-refractivity contribution is 0.186. The second-order valence-corrected chi connectivity index (χ2v) is 4.96. The molecule has 5 nitrogen and oxygen atoms in total. The van der Waals surface area contributed by atoms with Gasteiger partial charge < -0.3 is 5.11 Å². The second-order valence-electron chi connectivity index (χ2n) is 3.43. The van der Waals surface area contributed by atoms with Crippen LogP contribution in [0.2, 0.25) is 0 Å². The molecule has 0 amide bonds. The van der Waals surface area contributed by atoms with Crippen LogP contribution < -0.4 is 9.44 Å². The van der Waals surface area contributed by atoms with Crippen molar-refractivity contribution in [2.24, 2.45) is 0 Å². The molecule has 0 bridgehead atoms. The standard InChI is InChI=1S/C7H16N2O3S/c1-6(10)4-5-8-13(11,12)9-7-2-3-7/h6-10H,2-5H2,1H3.